The first-order valence-electron chi connectivity index (χ1n) is 9.02. The Kier molecular flexibility index (Phi) is 10.2. The van der Waals surface area contributed by atoms with Crippen molar-refractivity contribution < 1.29 is 14.9 Å². The summed E-state index contributed by atoms with van der Waals surface area (Å²) in [5.74, 6) is 1.58. The van der Waals surface area contributed by atoms with Gasteiger partial charge in [0.2, 0.25) is 0 Å². The summed E-state index contributed by atoms with van der Waals surface area (Å²) in [6, 6.07) is 18.3. The summed E-state index contributed by atoms with van der Waals surface area (Å²) >= 11 is 0. The number of hydrogen-bond donors (Lipinski definition) is 0. The molecule has 1 atom stereocenters. The standard InChI is InChI=1S/C21H28N2O2.ClH.H2O/c1-22-14-16-23(17-15-22)13-12-19(18-8-4-3-5-9-18)25-21-11-7-6-10-20(21)24-2;;/h3-11,19H,12-17H2,1-2H3;1H;1H2. The fourth-order valence-electron chi connectivity index (χ4n) is 3.20. The molecule has 0 radical (unpaired) electrons. The van der Waals surface area contributed by atoms with Crippen LogP contribution < -0.4 is 9.47 Å². The molecular weight excluding hydrogens is 364 g/mol. The molecule has 0 aliphatic carbocycles. The van der Waals surface area contributed by atoms with Crippen LogP contribution in [0, 0.1) is 0 Å². The van der Waals surface area contributed by atoms with Crippen LogP contribution in [0.1, 0.15) is 18.1 Å². The van der Waals surface area contributed by atoms with Gasteiger partial charge in [0, 0.05) is 39.1 Å². The van der Waals surface area contributed by atoms with Gasteiger partial charge in [-0.15, -0.1) is 12.4 Å². The highest BCUT2D eigenvalue weighted by Gasteiger charge is 2.19. The third-order valence-corrected chi connectivity index (χ3v) is 4.81. The van der Waals surface area contributed by atoms with Gasteiger partial charge in [0.05, 0.1) is 7.11 Å². The molecule has 1 heterocycles. The molecule has 5 nitrogen and oxygen atoms in total. The summed E-state index contributed by atoms with van der Waals surface area (Å²) < 4.78 is 11.8. The van der Waals surface area contributed by atoms with Crippen LogP contribution in [-0.4, -0.2) is 62.2 Å². The van der Waals surface area contributed by atoms with E-state index in [2.05, 4.69) is 41.1 Å². The number of piperazine rings is 1. The lowest BCUT2D eigenvalue weighted by Crippen LogP contribution is -2.45. The van der Waals surface area contributed by atoms with Gasteiger partial charge in [-0.05, 0) is 24.7 Å². The maximum atomic E-state index is 6.37. The highest BCUT2D eigenvalue weighted by Crippen LogP contribution is 2.32. The predicted molar refractivity (Wildman–Crippen MR) is 112 cm³/mol. The van der Waals surface area contributed by atoms with Crippen molar-refractivity contribution in [3.05, 3.63) is 60.2 Å². The van der Waals surface area contributed by atoms with E-state index in [-0.39, 0.29) is 24.0 Å². The van der Waals surface area contributed by atoms with Crippen molar-refractivity contribution in [3.8, 4) is 11.5 Å². The molecule has 2 aromatic carbocycles. The molecule has 6 heteroatoms. The highest BCUT2D eigenvalue weighted by atomic mass is 35.5. The molecule has 2 N–H and O–H groups in total. The van der Waals surface area contributed by atoms with E-state index in [0.717, 1.165) is 50.6 Å². The van der Waals surface area contributed by atoms with Crippen LogP contribution in [0.5, 0.6) is 11.5 Å². The molecule has 0 aromatic heterocycles. The summed E-state index contributed by atoms with van der Waals surface area (Å²) in [5.41, 5.74) is 1.21. The van der Waals surface area contributed by atoms with Crippen molar-refractivity contribution in [2.45, 2.75) is 12.5 Å². The van der Waals surface area contributed by atoms with Gasteiger partial charge in [-0.3, -0.25) is 0 Å². The zero-order valence-corrected chi connectivity index (χ0v) is 17.0. The first kappa shape index (κ1) is 23.2. The zero-order valence-electron chi connectivity index (χ0n) is 16.1. The molecule has 3 rings (SSSR count). The van der Waals surface area contributed by atoms with Crippen molar-refractivity contribution in [2.24, 2.45) is 0 Å². The first-order valence-corrected chi connectivity index (χ1v) is 9.02. The van der Waals surface area contributed by atoms with E-state index >= 15 is 0 Å². The number of likely N-dealkylation sites (N-methyl/N-ethyl adjacent to an activating group) is 1. The maximum Gasteiger partial charge on any atom is 0.162 e. The van der Waals surface area contributed by atoms with Crippen LogP contribution >= 0.6 is 12.4 Å². The van der Waals surface area contributed by atoms with Gasteiger partial charge in [0.25, 0.3) is 0 Å². The lowest BCUT2D eigenvalue weighted by atomic mass is 10.1. The molecule has 27 heavy (non-hydrogen) atoms. The molecule has 2 aromatic rings. The Hall–Kier alpha value is -1.79. The van der Waals surface area contributed by atoms with E-state index in [1.54, 1.807) is 7.11 Å². The Labute approximate surface area is 168 Å². The normalized spacial score (nSPS) is 15.9. The van der Waals surface area contributed by atoms with E-state index in [4.69, 9.17) is 9.47 Å². The fraction of sp³-hybridized carbons (Fsp3) is 0.429. The first-order chi connectivity index (χ1) is 12.3. The van der Waals surface area contributed by atoms with Gasteiger partial charge in [0.1, 0.15) is 6.10 Å². The van der Waals surface area contributed by atoms with E-state index in [1.807, 2.05) is 30.3 Å². The fourth-order valence-corrected chi connectivity index (χ4v) is 3.20. The molecule has 0 spiro atoms. The van der Waals surface area contributed by atoms with E-state index in [1.165, 1.54) is 5.56 Å². The van der Waals surface area contributed by atoms with Crippen LogP contribution in [0.2, 0.25) is 0 Å². The van der Waals surface area contributed by atoms with Crippen molar-refractivity contribution in [3.63, 3.8) is 0 Å². The summed E-state index contributed by atoms with van der Waals surface area (Å²) in [7, 11) is 3.87. The largest absolute Gasteiger partial charge is 0.493 e. The lowest BCUT2D eigenvalue weighted by Gasteiger charge is -2.33. The van der Waals surface area contributed by atoms with Gasteiger partial charge in [-0.25, -0.2) is 0 Å². The molecule has 0 bridgehead atoms. The summed E-state index contributed by atoms with van der Waals surface area (Å²) in [4.78, 5) is 4.91. The molecule has 0 amide bonds. The van der Waals surface area contributed by atoms with Gasteiger partial charge in [-0.2, -0.15) is 0 Å². The Balaban J connectivity index is 0.00000182. The molecule has 150 valence electrons. The third kappa shape index (κ3) is 6.70. The molecule has 1 aliphatic heterocycles. The van der Waals surface area contributed by atoms with Crippen LogP contribution in [0.4, 0.5) is 0 Å². The van der Waals surface area contributed by atoms with Gasteiger partial charge in [0.15, 0.2) is 11.5 Å². The number of rotatable bonds is 7. The van der Waals surface area contributed by atoms with Crippen molar-refractivity contribution in [2.75, 3.05) is 46.9 Å². The minimum Gasteiger partial charge on any atom is -0.493 e. The van der Waals surface area contributed by atoms with Gasteiger partial charge in [-0.1, -0.05) is 42.5 Å². The second-order valence-electron chi connectivity index (χ2n) is 6.60. The number of hydrogen-bond acceptors (Lipinski definition) is 4. The third-order valence-electron chi connectivity index (χ3n) is 4.81. The van der Waals surface area contributed by atoms with Crippen LogP contribution in [0.15, 0.2) is 54.6 Å². The summed E-state index contributed by atoms with van der Waals surface area (Å²) in [6.07, 6.45) is 0.989. The highest BCUT2D eigenvalue weighted by molar-refractivity contribution is 5.85. The monoisotopic (exact) mass is 394 g/mol. The Bertz CT molecular complexity index is 649. The van der Waals surface area contributed by atoms with Crippen LogP contribution in [0.25, 0.3) is 0 Å². The van der Waals surface area contributed by atoms with Gasteiger partial charge >= 0.3 is 0 Å². The van der Waals surface area contributed by atoms with Crippen molar-refractivity contribution in [1.29, 1.82) is 0 Å². The number of ether oxygens (including phenoxy) is 2. The Morgan fingerprint density at radius 3 is 2.11 bits per heavy atom. The molecule has 1 saturated heterocycles. The minimum absolute atomic E-state index is 0. The van der Waals surface area contributed by atoms with Crippen molar-refractivity contribution >= 4 is 12.4 Å². The molecule has 1 unspecified atom stereocenters. The predicted octanol–water partition coefficient (Wildman–Crippen LogP) is 3.05. The molecular formula is C21H31ClN2O3. The van der Waals surface area contributed by atoms with Gasteiger partial charge < -0.3 is 24.7 Å². The number of para-hydroxylation sites is 2. The average Bonchev–Trinajstić information content (AvgIpc) is 2.67. The summed E-state index contributed by atoms with van der Waals surface area (Å²) in [6.45, 7) is 5.59. The van der Waals surface area contributed by atoms with E-state index in [0.29, 0.717) is 0 Å². The van der Waals surface area contributed by atoms with E-state index < -0.39 is 0 Å². The Morgan fingerprint density at radius 2 is 1.48 bits per heavy atom. The second-order valence-corrected chi connectivity index (χ2v) is 6.60. The minimum atomic E-state index is 0. The molecule has 1 aliphatic rings. The quantitative estimate of drug-likeness (QED) is 0.724. The smallest absolute Gasteiger partial charge is 0.162 e. The number of benzene rings is 2. The number of nitrogens with zero attached hydrogens (tertiary/aromatic N) is 2. The summed E-state index contributed by atoms with van der Waals surface area (Å²) in [5, 5.41) is 0. The van der Waals surface area contributed by atoms with Crippen LogP contribution in [-0.2, 0) is 0 Å². The molecule has 1 fully saturated rings. The number of methoxy groups -OCH3 is 1. The SMILES string of the molecule is COc1ccccc1OC(CCN1CCN(C)CC1)c1ccccc1.Cl.O. The van der Waals surface area contributed by atoms with Crippen LogP contribution in [0.3, 0.4) is 0 Å². The lowest BCUT2D eigenvalue weighted by molar-refractivity contribution is 0.122. The average molecular weight is 395 g/mol. The molecule has 0 saturated carbocycles. The second kappa shape index (κ2) is 11.8. The zero-order chi connectivity index (χ0) is 17.5. The van der Waals surface area contributed by atoms with E-state index in [9.17, 15) is 0 Å². The van der Waals surface area contributed by atoms with Crippen molar-refractivity contribution in [1.82, 2.24) is 9.80 Å². The topological polar surface area (TPSA) is 56.4 Å². The number of halogens is 1. The Morgan fingerprint density at radius 1 is 0.889 bits per heavy atom. The maximum absolute atomic E-state index is 6.37.